The van der Waals surface area contributed by atoms with Gasteiger partial charge in [0, 0.05) is 18.2 Å². The molecule has 1 unspecified atom stereocenters. The lowest BCUT2D eigenvalue weighted by Crippen LogP contribution is -2.43. The number of rotatable bonds is 3. The average molecular weight is 348 g/mol. The first-order chi connectivity index (χ1) is 12.0. The van der Waals surface area contributed by atoms with Crippen molar-refractivity contribution in [1.29, 1.82) is 0 Å². The summed E-state index contributed by atoms with van der Waals surface area (Å²) in [7, 11) is 0. The van der Waals surface area contributed by atoms with Gasteiger partial charge in [-0.3, -0.25) is 9.59 Å². The summed E-state index contributed by atoms with van der Waals surface area (Å²) >= 11 is 0. The summed E-state index contributed by atoms with van der Waals surface area (Å²) in [6.07, 6.45) is 1.02. The van der Waals surface area contributed by atoms with Gasteiger partial charge in [0.15, 0.2) is 0 Å². The number of carbonyl (C=O) groups excluding carboxylic acids is 2. The summed E-state index contributed by atoms with van der Waals surface area (Å²) in [4.78, 5) is 26.3. The van der Waals surface area contributed by atoms with Gasteiger partial charge in [0.05, 0.1) is 5.69 Å². The van der Waals surface area contributed by atoms with Crippen LogP contribution >= 0.6 is 0 Å². The fraction of sp³-hybridized carbons (Fsp3) is 0.222. The highest BCUT2D eigenvalue weighted by Crippen LogP contribution is 2.23. The molecule has 1 aliphatic rings. The lowest BCUT2D eigenvalue weighted by Gasteiger charge is -2.24. The quantitative estimate of drug-likeness (QED) is 0.925. The Hall–Kier alpha value is -2.83. The second-order valence-electron chi connectivity index (χ2n) is 5.78. The summed E-state index contributed by atoms with van der Waals surface area (Å²) in [5.74, 6) is -2.89. The zero-order valence-electron chi connectivity index (χ0n) is 13.1. The van der Waals surface area contributed by atoms with E-state index < -0.39 is 35.3 Å². The van der Waals surface area contributed by atoms with Gasteiger partial charge in [-0.2, -0.15) is 0 Å². The number of benzene rings is 2. The summed E-state index contributed by atoms with van der Waals surface area (Å²) < 4.78 is 39.9. The van der Waals surface area contributed by atoms with Crippen LogP contribution in [0, 0.1) is 17.5 Å². The third-order valence-electron chi connectivity index (χ3n) is 4.09. The normalized spacial score (nSPS) is 16.8. The predicted molar refractivity (Wildman–Crippen MR) is 85.4 cm³/mol. The lowest BCUT2D eigenvalue weighted by molar-refractivity contribution is -0.119. The lowest BCUT2D eigenvalue weighted by atomic mass is 10.1. The third kappa shape index (κ3) is 3.65. The van der Waals surface area contributed by atoms with E-state index in [4.69, 9.17) is 0 Å². The van der Waals surface area contributed by atoms with Gasteiger partial charge in [0.2, 0.25) is 5.91 Å². The maximum atomic E-state index is 13.7. The molecule has 2 amide bonds. The zero-order chi connectivity index (χ0) is 18.0. The second-order valence-corrected chi connectivity index (χ2v) is 5.78. The highest BCUT2D eigenvalue weighted by molar-refractivity contribution is 6.01. The van der Waals surface area contributed by atoms with Crippen molar-refractivity contribution in [2.24, 2.45) is 0 Å². The van der Waals surface area contributed by atoms with Crippen LogP contribution in [0.4, 0.5) is 18.9 Å². The molecule has 3 rings (SSSR count). The van der Waals surface area contributed by atoms with Crippen LogP contribution in [0.25, 0.3) is 0 Å². The molecule has 1 atom stereocenters. The van der Waals surface area contributed by atoms with Crippen LogP contribution in [0.15, 0.2) is 42.5 Å². The maximum Gasteiger partial charge on any atom is 0.254 e. The molecule has 1 heterocycles. The molecule has 1 saturated heterocycles. The standard InChI is InChI=1S/C18H15F3N2O2/c19-12-5-3-11(4-6-12)18(25)23-9-1-2-16(23)17(24)22-15-10-13(20)7-8-14(15)21/h3-8,10,16H,1-2,9H2,(H,22,24). The van der Waals surface area contributed by atoms with Crippen LogP contribution < -0.4 is 5.32 Å². The predicted octanol–water partition coefficient (Wildman–Crippen LogP) is 3.35. The Morgan fingerprint density at radius 1 is 1.00 bits per heavy atom. The first kappa shape index (κ1) is 17.0. The first-order valence-corrected chi connectivity index (χ1v) is 7.78. The molecule has 2 aromatic carbocycles. The fourth-order valence-corrected chi connectivity index (χ4v) is 2.85. The van der Waals surface area contributed by atoms with Gasteiger partial charge in [-0.1, -0.05) is 0 Å². The zero-order valence-corrected chi connectivity index (χ0v) is 13.1. The molecule has 4 nitrogen and oxygen atoms in total. The maximum absolute atomic E-state index is 13.7. The van der Waals surface area contributed by atoms with Crippen LogP contribution in [-0.4, -0.2) is 29.3 Å². The Morgan fingerprint density at radius 3 is 2.40 bits per heavy atom. The molecule has 2 aromatic rings. The largest absolute Gasteiger partial charge is 0.327 e. The topological polar surface area (TPSA) is 49.4 Å². The van der Waals surface area contributed by atoms with Crippen molar-refractivity contribution in [3.63, 3.8) is 0 Å². The minimum atomic E-state index is -0.791. The molecule has 0 bridgehead atoms. The van der Waals surface area contributed by atoms with Gasteiger partial charge in [-0.15, -0.1) is 0 Å². The van der Waals surface area contributed by atoms with Crippen LogP contribution in [0.5, 0.6) is 0 Å². The monoisotopic (exact) mass is 348 g/mol. The van der Waals surface area contributed by atoms with E-state index in [2.05, 4.69) is 5.32 Å². The highest BCUT2D eigenvalue weighted by atomic mass is 19.1. The third-order valence-corrected chi connectivity index (χ3v) is 4.09. The summed E-state index contributed by atoms with van der Waals surface area (Å²) in [5, 5.41) is 2.33. The highest BCUT2D eigenvalue weighted by Gasteiger charge is 2.34. The van der Waals surface area contributed by atoms with Crippen molar-refractivity contribution in [1.82, 2.24) is 4.90 Å². The van der Waals surface area contributed by atoms with Crippen LogP contribution in [0.1, 0.15) is 23.2 Å². The fourth-order valence-electron chi connectivity index (χ4n) is 2.85. The van der Waals surface area contributed by atoms with Gasteiger partial charge < -0.3 is 10.2 Å². The summed E-state index contributed by atoms with van der Waals surface area (Å²) in [5.41, 5.74) is -0.0101. The SMILES string of the molecule is O=C(Nc1cc(F)ccc1F)C1CCCN1C(=O)c1ccc(F)cc1. The van der Waals surface area contributed by atoms with Crippen LogP contribution in [-0.2, 0) is 4.79 Å². The number of likely N-dealkylation sites (tertiary alicyclic amines) is 1. The van der Waals surface area contributed by atoms with Crippen molar-refractivity contribution in [3.8, 4) is 0 Å². The second kappa shape index (κ2) is 6.96. The van der Waals surface area contributed by atoms with Gasteiger partial charge in [0.25, 0.3) is 5.91 Å². The molecule has 25 heavy (non-hydrogen) atoms. The van der Waals surface area contributed by atoms with Crippen LogP contribution in [0.2, 0.25) is 0 Å². The number of amides is 2. The number of nitrogens with one attached hydrogen (secondary N) is 1. The number of nitrogens with zero attached hydrogens (tertiary/aromatic N) is 1. The van der Waals surface area contributed by atoms with Gasteiger partial charge >= 0.3 is 0 Å². The number of carbonyl (C=O) groups is 2. The van der Waals surface area contributed by atoms with Crippen molar-refractivity contribution in [2.75, 3.05) is 11.9 Å². The Kier molecular flexibility index (Phi) is 4.74. The Morgan fingerprint density at radius 2 is 1.68 bits per heavy atom. The van der Waals surface area contributed by atoms with Crippen LogP contribution in [0.3, 0.4) is 0 Å². The number of anilines is 1. The molecule has 0 aromatic heterocycles. The Bertz CT molecular complexity index is 808. The molecule has 1 fully saturated rings. The van der Waals surface area contributed by atoms with Gasteiger partial charge in [-0.05, 0) is 49.2 Å². The molecule has 7 heteroatoms. The number of halogens is 3. The molecule has 130 valence electrons. The molecule has 0 spiro atoms. The Labute approximate surface area is 142 Å². The number of hydrogen-bond donors (Lipinski definition) is 1. The van der Waals surface area contributed by atoms with Gasteiger partial charge in [0.1, 0.15) is 23.5 Å². The average Bonchev–Trinajstić information content (AvgIpc) is 3.08. The van der Waals surface area contributed by atoms with E-state index in [1.54, 1.807) is 0 Å². The van der Waals surface area contributed by atoms with Crippen molar-refractivity contribution in [2.45, 2.75) is 18.9 Å². The molecular formula is C18H15F3N2O2. The van der Waals surface area contributed by atoms with Crippen molar-refractivity contribution >= 4 is 17.5 Å². The van der Waals surface area contributed by atoms with E-state index >= 15 is 0 Å². The van der Waals surface area contributed by atoms with E-state index in [1.165, 1.54) is 29.2 Å². The first-order valence-electron chi connectivity index (χ1n) is 7.78. The molecular weight excluding hydrogens is 333 g/mol. The van der Waals surface area contributed by atoms with E-state index in [-0.39, 0.29) is 11.3 Å². The minimum absolute atomic E-state index is 0.262. The van der Waals surface area contributed by atoms with E-state index in [9.17, 15) is 22.8 Å². The number of hydrogen-bond acceptors (Lipinski definition) is 2. The summed E-state index contributed by atoms with van der Waals surface area (Å²) in [6.45, 7) is 0.361. The van der Waals surface area contributed by atoms with E-state index in [0.29, 0.717) is 19.4 Å². The molecule has 0 aliphatic carbocycles. The van der Waals surface area contributed by atoms with Gasteiger partial charge in [-0.25, -0.2) is 13.2 Å². The molecule has 1 N–H and O–H groups in total. The smallest absolute Gasteiger partial charge is 0.254 e. The molecule has 0 radical (unpaired) electrons. The minimum Gasteiger partial charge on any atom is -0.327 e. The molecule has 0 saturated carbocycles. The molecule has 1 aliphatic heterocycles. The summed E-state index contributed by atoms with van der Waals surface area (Å²) in [6, 6.07) is 6.98. The van der Waals surface area contributed by atoms with E-state index in [1.807, 2.05) is 0 Å². The van der Waals surface area contributed by atoms with Crippen molar-refractivity contribution in [3.05, 3.63) is 65.5 Å². The van der Waals surface area contributed by atoms with Crippen molar-refractivity contribution < 1.29 is 22.8 Å². The van der Waals surface area contributed by atoms with E-state index in [0.717, 1.165) is 18.2 Å². The Balaban J connectivity index is 1.76.